The third kappa shape index (κ3) is 3.88. The summed E-state index contributed by atoms with van der Waals surface area (Å²) in [7, 11) is 0. The Hall–Kier alpha value is -3.04. The number of nitrogens with zero attached hydrogens (tertiary/aromatic N) is 4. The minimum absolute atomic E-state index is 0.0114. The summed E-state index contributed by atoms with van der Waals surface area (Å²) < 4.78 is 24.4. The van der Waals surface area contributed by atoms with Crippen molar-refractivity contribution in [2.45, 2.75) is 39.2 Å². The van der Waals surface area contributed by atoms with Crippen LogP contribution in [0.5, 0.6) is 0 Å². The second-order valence-electron chi connectivity index (χ2n) is 7.40. The number of nitro benzene ring substituents is 1. The van der Waals surface area contributed by atoms with Crippen LogP contribution in [0.1, 0.15) is 38.1 Å². The number of benzene rings is 1. The molecule has 0 unspecified atom stereocenters. The van der Waals surface area contributed by atoms with Crippen LogP contribution in [-0.2, 0) is 4.74 Å². The lowest BCUT2D eigenvalue weighted by Crippen LogP contribution is -2.50. The number of aromatic nitrogens is 2. The van der Waals surface area contributed by atoms with Crippen molar-refractivity contribution < 1.29 is 23.4 Å². The standard InChI is InChI=1S/C17H19FN4O5/c1-9-12(18)5-10(6-13(9)22(24)25)15-19-14(20-27-15)11-7-21(8-11)16(23)26-17(2,3)4/h5-6,11H,7-8H2,1-4H3. The van der Waals surface area contributed by atoms with Gasteiger partial charge in [-0.05, 0) is 33.8 Å². The molecule has 0 radical (unpaired) electrons. The highest BCUT2D eigenvalue weighted by Gasteiger charge is 2.37. The van der Waals surface area contributed by atoms with Crippen molar-refractivity contribution in [1.82, 2.24) is 15.0 Å². The van der Waals surface area contributed by atoms with Crippen molar-refractivity contribution in [3.63, 3.8) is 0 Å². The summed E-state index contributed by atoms with van der Waals surface area (Å²) in [6.07, 6.45) is -0.418. The fourth-order valence-electron chi connectivity index (χ4n) is 2.61. The van der Waals surface area contributed by atoms with Crippen LogP contribution in [0.25, 0.3) is 11.5 Å². The van der Waals surface area contributed by atoms with E-state index in [0.29, 0.717) is 18.9 Å². The molecule has 1 fully saturated rings. The smallest absolute Gasteiger partial charge is 0.410 e. The molecule has 10 heteroatoms. The van der Waals surface area contributed by atoms with Gasteiger partial charge in [0.25, 0.3) is 11.6 Å². The average Bonchev–Trinajstić information content (AvgIpc) is 2.95. The lowest BCUT2D eigenvalue weighted by Gasteiger charge is -2.38. The number of hydrogen-bond donors (Lipinski definition) is 0. The largest absolute Gasteiger partial charge is 0.444 e. The highest BCUT2D eigenvalue weighted by atomic mass is 19.1. The Morgan fingerprint density at radius 3 is 2.67 bits per heavy atom. The summed E-state index contributed by atoms with van der Waals surface area (Å²) in [5.41, 5.74) is -0.863. The van der Waals surface area contributed by atoms with E-state index < -0.39 is 22.4 Å². The zero-order chi connectivity index (χ0) is 19.9. The second-order valence-corrected chi connectivity index (χ2v) is 7.40. The number of amides is 1. The Bertz CT molecular complexity index is 899. The van der Waals surface area contributed by atoms with Gasteiger partial charge in [0.15, 0.2) is 5.82 Å². The highest BCUT2D eigenvalue weighted by Crippen LogP contribution is 2.31. The zero-order valence-corrected chi connectivity index (χ0v) is 15.4. The summed E-state index contributed by atoms with van der Waals surface area (Å²) in [4.78, 5) is 28.0. The number of halogens is 1. The first kappa shape index (κ1) is 18.7. The summed E-state index contributed by atoms with van der Waals surface area (Å²) >= 11 is 0. The number of nitro groups is 1. The predicted octanol–water partition coefficient (Wildman–Crippen LogP) is 3.43. The number of carbonyl (C=O) groups is 1. The Kier molecular flexibility index (Phi) is 4.58. The Morgan fingerprint density at radius 1 is 1.41 bits per heavy atom. The third-order valence-electron chi connectivity index (χ3n) is 4.10. The first-order valence-corrected chi connectivity index (χ1v) is 8.31. The zero-order valence-electron chi connectivity index (χ0n) is 15.4. The van der Waals surface area contributed by atoms with Gasteiger partial charge in [-0.2, -0.15) is 4.98 Å². The molecule has 0 bridgehead atoms. The minimum atomic E-state index is -0.723. The summed E-state index contributed by atoms with van der Waals surface area (Å²) in [6, 6.07) is 2.32. The van der Waals surface area contributed by atoms with E-state index in [2.05, 4.69) is 10.1 Å². The molecular formula is C17H19FN4O5. The first-order valence-electron chi connectivity index (χ1n) is 8.31. The predicted molar refractivity (Wildman–Crippen MR) is 91.6 cm³/mol. The van der Waals surface area contributed by atoms with E-state index in [-0.39, 0.29) is 28.6 Å². The lowest BCUT2D eigenvalue weighted by molar-refractivity contribution is -0.385. The fraction of sp³-hybridized carbons (Fsp3) is 0.471. The van der Waals surface area contributed by atoms with Crippen molar-refractivity contribution in [2.24, 2.45) is 0 Å². The van der Waals surface area contributed by atoms with Gasteiger partial charge >= 0.3 is 6.09 Å². The van der Waals surface area contributed by atoms with Crippen molar-refractivity contribution in [3.05, 3.63) is 39.5 Å². The number of likely N-dealkylation sites (tertiary alicyclic amines) is 1. The van der Waals surface area contributed by atoms with Crippen molar-refractivity contribution >= 4 is 11.8 Å². The molecule has 0 aliphatic carbocycles. The molecule has 3 rings (SSSR count). The van der Waals surface area contributed by atoms with Gasteiger partial charge in [-0.1, -0.05) is 5.16 Å². The Labute approximate surface area is 154 Å². The molecule has 0 saturated carbocycles. The van der Waals surface area contributed by atoms with Crippen LogP contribution in [0.3, 0.4) is 0 Å². The molecule has 1 aromatic carbocycles. The number of carbonyl (C=O) groups excluding carboxylic acids is 1. The van der Waals surface area contributed by atoms with Crippen LogP contribution in [0, 0.1) is 22.9 Å². The van der Waals surface area contributed by atoms with Gasteiger partial charge < -0.3 is 14.2 Å². The van der Waals surface area contributed by atoms with Crippen LogP contribution in [-0.4, -0.2) is 44.7 Å². The molecule has 0 spiro atoms. The molecule has 144 valence electrons. The first-order chi connectivity index (χ1) is 12.5. The maximum atomic E-state index is 14.0. The summed E-state index contributed by atoms with van der Waals surface area (Å²) in [5.74, 6) is -0.518. The minimum Gasteiger partial charge on any atom is -0.444 e. The second kappa shape index (κ2) is 6.60. The average molecular weight is 378 g/mol. The van der Waals surface area contributed by atoms with Crippen LogP contribution in [0.15, 0.2) is 16.7 Å². The molecular weight excluding hydrogens is 359 g/mol. The van der Waals surface area contributed by atoms with Gasteiger partial charge in [0.05, 0.1) is 16.4 Å². The Morgan fingerprint density at radius 2 is 2.07 bits per heavy atom. The van der Waals surface area contributed by atoms with E-state index in [1.165, 1.54) is 17.9 Å². The van der Waals surface area contributed by atoms with Gasteiger partial charge in [0.2, 0.25) is 0 Å². The molecule has 1 aliphatic rings. The molecule has 9 nitrogen and oxygen atoms in total. The van der Waals surface area contributed by atoms with Crippen LogP contribution in [0.4, 0.5) is 14.9 Å². The van der Waals surface area contributed by atoms with Gasteiger partial charge in [-0.15, -0.1) is 0 Å². The monoisotopic (exact) mass is 378 g/mol. The van der Waals surface area contributed by atoms with Crippen molar-refractivity contribution in [3.8, 4) is 11.5 Å². The van der Waals surface area contributed by atoms with Gasteiger partial charge in [-0.3, -0.25) is 10.1 Å². The molecule has 2 aromatic rings. The maximum absolute atomic E-state index is 14.0. The quantitative estimate of drug-likeness (QED) is 0.594. The van der Waals surface area contributed by atoms with Crippen molar-refractivity contribution in [1.29, 1.82) is 0 Å². The summed E-state index contributed by atoms with van der Waals surface area (Å²) in [5, 5.41) is 14.9. The van der Waals surface area contributed by atoms with E-state index in [9.17, 15) is 19.3 Å². The number of rotatable bonds is 3. The molecule has 27 heavy (non-hydrogen) atoms. The molecule has 1 saturated heterocycles. The molecule has 0 atom stereocenters. The van der Waals surface area contributed by atoms with E-state index in [1.54, 1.807) is 20.8 Å². The SMILES string of the molecule is Cc1c(F)cc(-c2nc(C3CN(C(=O)OC(C)(C)C)C3)no2)cc1[N+](=O)[O-]. The fourth-order valence-corrected chi connectivity index (χ4v) is 2.61. The molecule has 1 aromatic heterocycles. The third-order valence-corrected chi connectivity index (χ3v) is 4.10. The molecule has 0 N–H and O–H groups in total. The van der Waals surface area contributed by atoms with Crippen molar-refractivity contribution in [2.75, 3.05) is 13.1 Å². The molecule has 1 amide bonds. The van der Waals surface area contributed by atoms with Crippen LogP contribution >= 0.6 is 0 Å². The van der Waals surface area contributed by atoms with E-state index >= 15 is 0 Å². The van der Waals surface area contributed by atoms with E-state index in [0.717, 1.165) is 6.07 Å². The molecule has 1 aliphatic heterocycles. The van der Waals surface area contributed by atoms with Crippen LogP contribution in [0.2, 0.25) is 0 Å². The number of ether oxygens (including phenoxy) is 1. The normalized spacial score (nSPS) is 14.8. The Balaban J connectivity index is 1.72. The summed E-state index contributed by atoms with van der Waals surface area (Å²) in [6.45, 7) is 7.43. The van der Waals surface area contributed by atoms with Gasteiger partial charge in [0, 0.05) is 24.7 Å². The van der Waals surface area contributed by atoms with Gasteiger partial charge in [-0.25, -0.2) is 9.18 Å². The molecule has 2 heterocycles. The van der Waals surface area contributed by atoms with E-state index in [4.69, 9.17) is 9.26 Å². The topological polar surface area (TPSA) is 112 Å². The van der Waals surface area contributed by atoms with Crippen LogP contribution < -0.4 is 0 Å². The maximum Gasteiger partial charge on any atom is 0.410 e. The van der Waals surface area contributed by atoms with Gasteiger partial charge in [0.1, 0.15) is 11.4 Å². The van der Waals surface area contributed by atoms with E-state index in [1.807, 2.05) is 0 Å². The lowest BCUT2D eigenvalue weighted by atomic mass is 10.0. The number of hydrogen-bond acceptors (Lipinski definition) is 7. The highest BCUT2D eigenvalue weighted by molar-refractivity contribution is 5.69.